The van der Waals surface area contributed by atoms with Gasteiger partial charge in [0.15, 0.2) is 6.04 Å². The third-order valence-electron chi connectivity index (χ3n) is 3.69. The number of alkyl carbamates (subject to hydrolysis) is 1. The molecule has 0 fully saturated rings. The average molecular weight is 448 g/mol. The van der Waals surface area contributed by atoms with E-state index in [-0.39, 0.29) is 13.2 Å². The van der Waals surface area contributed by atoms with Crippen LogP contribution in [0.2, 0.25) is 0 Å². The minimum atomic E-state index is -4.92. The highest BCUT2D eigenvalue weighted by Gasteiger charge is 2.43. The van der Waals surface area contributed by atoms with Gasteiger partial charge in [0.2, 0.25) is 5.91 Å². The van der Waals surface area contributed by atoms with Crippen molar-refractivity contribution in [2.75, 3.05) is 13.7 Å². The minimum Gasteiger partial charge on any atom is -0.467 e. The van der Waals surface area contributed by atoms with Crippen LogP contribution in [0.15, 0.2) is 30.3 Å². The number of methoxy groups -OCH3 is 1. The first-order chi connectivity index (χ1) is 14.3. The second kappa shape index (κ2) is 11.5. The molecule has 2 amide bonds. The molecule has 2 atom stereocenters. The molecule has 0 saturated heterocycles. The highest BCUT2D eigenvalue weighted by Crippen LogP contribution is 2.23. The Morgan fingerprint density at radius 3 is 2.16 bits per heavy atom. The maximum absolute atomic E-state index is 13.3. The van der Waals surface area contributed by atoms with E-state index in [1.54, 1.807) is 29.6 Å². The number of nitrogens with one attached hydrogen (secondary N) is 2. The average Bonchev–Trinajstić information content (AvgIpc) is 2.64. The maximum atomic E-state index is 13.3. The van der Waals surface area contributed by atoms with Gasteiger partial charge in [-0.1, -0.05) is 30.3 Å². The lowest BCUT2D eigenvalue weighted by atomic mass is 10.1. The van der Waals surface area contributed by atoms with E-state index in [2.05, 4.69) is 10.1 Å². The number of hydrogen-bond donors (Lipinski definition) is 2. The summed E-state index contributed by atoms with van der Waals surface area (Å²) >= 11 is 0. The molecule has 1 aromatic rings. The first-order valence-corrected chi connectivity index (χ1v) is 9.37. The van der Waals surface area contributed by atoms with Crippen molar-refractivity contribution in [3.05, 3.63) is 35.9 Å². The third-order valence-corrected chi connectivity index (χ3v) is 3.69. The smallest absolute Gasteiger partial charge is 0.409 e. The number of ether oxygens (including phenoxy) is 3. The Bertz CT molecular complexity index is 735. The lowest BCUT2D eigenvalue weighted by Crippen LogP contribution is -2.51. The Kier molecular flexibility index (Phi) is 9.76. The number of alkyl halides is 3. The van der Waals surface area contributed by atoms with Gasteiger partial charge in [-0.15, -0.1) is 0 Å². The molecule has 2 N–H and O–H groups in total. The van der Waals surface area contributed by atoms with Crippen LogP contribution in [0.3, 0.4) is 0 Å². The van der Waals surface area contributed by atoms with E-state index in [0.717, 1.165) is 12.7 Å². The molecule has 0 unspecified atom stereocenters. The second-order valence-electron chi connectivity index (χ2n) is 7.59. The highest BCUT2D eigenvalue weighted by atomic mass is 19.4. The molecule has 0 bridgehead atoms. The van der Waals surface area contributed by atoms with Gasteiger partial charge in [-0.2, -0.15) is 13.2 Å². The predicted octanol–water partition coefficient (Wildman–Crippen LogP) is 2.71. The molecule has 0 aliphatic heterocycles. The van der Waals surface area contributed by atoms with Gasteiger partial charge in [-0.25, -0.2) is 9.59 Å². The lowest BCUT2D eigenvalue weighted by Gasteiger charge is -2.25. The lowest BCUT2D eigenvalue weighted by molar-refractivity contribution is -0.161. The molecule has 0 aliphatic carbocycles. The van der Waals surface area contributed by atoms with Crippen LogP contribution in [0.4, 0.5) is 18.0 Å². The van der Waals surface area contributed by atoms with Crippen molar-refractivity contribution in [2.45, 2.75) is 57.7 Å². The number of amides is 2. The van der Waals surface area contributed by atoms with Crippen molar-refractivity contribution in [1.29, 1.82) is 0 Å². The Hall–Kier alpha value is -2.82. The molecule has 0 heterocycles. The fourth-order valence-electron chi connectivity index (χ4n) is 2.32. The number of esters is 1. The summed E-state index contributed by atoms with van der Waals surface area (Å²) in [7, 11) is 1.07. The number of halogens is 3. The molecule has 0 radical (unpaired) electrons. The van der Waals surface area contributed by atoms with E-state index in [4.69, 9.17) is 9.47 Å². The van der Waals surface area contributed by atoms with E-state index in [1.807, 2.05) is 6.07 Å². The zero-order chi connectivity index (χ0) is 23.7. The summed E-state index contributed by atoms with van der Waals surface area (Å²) in [6, 6.07) is 5.11. The summed E-state index contributed by atoms with van der Waals surface area (Å²) in [4.78, 5) is 35.7. The van der Waals surface area contributed by atoms with Crippen molar-refractivity contribution in [3.8, 4) is 0 Å². The van der Waals surface area contributed by atoms with Crippen LogP contribution in [-0.2, 0) is 30.4 Å². The van der Waals surface area contributed by atoms with E-state index in [9.17, 15) is 27.6 Å². The van der Waals surface area contributed by atoms with Crippen molar-refractivity contribution >= 4 is 18.0 Å². The number of carbonyl (C=O) groups excluding carboxylic acids is 3. The molecule has 1 aromatic carbocycles. The van der Waals surface area contributed by atoms with Gasteiger partial charge in [0, 0.05) is 0 Å². The molecule has 31 heavy (non-hydrogen) atoms. The van der Waals surface area contributed by atoms with Gasteiger partial charge in [0.1, 0.15) is 11.6 Å². The monoisotopic (exact) mass is 448 g/mol. The SMILES string of the molecule is COC(=O)[C@H](COCc1ccccc1)NC(=O)C[C@H](NC(=O)OC(C)(C)C)C(F)(F)F. The summed E-state index contributed by atoms with van der Waals surface area (Å²) in [5.74, 6) is -2.01. The summed E-state index contributed by atoms with van der Waals surface area (Å²) < 4.78 is 54.5. The fraction of sp³-hybridized carbons (Fsp3) is 0.550. The summed E-state index contributed by atoms with van der Waals surface area (Å²) in [6.07, 6.45) is -7.40. The van der Waals surface area contributed by atoms with Crippen LogP contribution in [0, 0.1) is 0 Å². The van der Waals surface area contributed by atoms with Gasteiger partial charge >= 0.3 is 18.2 Å². The molecule has 1 rings (SSSR count). The van der Waals surface area contributed by atoms with Gasteiger partial charge in [0.05, 0.1) is 26.7 Å². The molecule has 0 saturated carbocycles. The Labute approximate surface area is 178 Å². The number of hydrogen-bond acceptors (Lipinski definition) is 6. The van der Waals surface area contributed by atoms with Crippen molar-refractivity contribution in [3.63, 3.8) is 0 Å². The third kappa shape index (κ3) is 10.7. The number of benzene rings is 1. The standard InChI is InChI=1S/C20H27F3N2O6/c1-19(2,3)31-18(28)25-15(20(21,22)23)10-16(26)24-14(17(27)29-4)12-30-11-13-8-6-5-7-9-13/h5-9,14-15H,10-12H2,1-4H3,(H,24,26)(H,25,28)/t14-,15-/m0/s1. The first kappa shape index (κ1) is 26.2. The molecule has 0 aliphatic rings. The van der Waals surface area contributed by atoms with Gasteiger partial charge in [-0.3, -0.25) is 4.79 Å². The van der Waals surface area contributed by atoms with Crippen LogP contribution < -0.4 is 10.6 Å². The minimum absolute atomic E-state index is 0.121. The van der Waals surface area contributed by atoms with Crippen molar-refractivity contribution in [1.82, 2.24) is 10.6 Å². The quantitative estimate of drug-likeness (QED) is 0.563. The second-order valence-corrected chi connectivity index (χ2v) is 7.59. The molecular weight excluding hydrogens is 421 g/mol. The predicted molar refractivity (Wildman–Crippen MR) is 104 cm³/mol. The normalized spacial score (nSPS) is 13.6. The maximum Gasteiger partial charge on any atom is 0.409 e. The van der Waals surface area contributed by atoms with Crippen LogP contribution in [-0.4, -0.2) is 55.5 Å². The van der Waals surface area contributed by atoms with Crippen LogP contribution in [0.5, 0.6) is 0 Å². The summed E-state index contributed by atoms with van der Waals surface area (Å²) in [5.41, 5.74) is -0.217. The molecule has 0 aromatic heterocycles. The topological polar surface area (TPSA) is 103 Å². The van der Waals surface area contributed by atoms with E-state index in [0.29, 0.717) is 0 Å². The van der Waals surface area contributed by atoms with Crippen molar-refractivity contribution < 1.29 is 41.8 Å². The van der Waals surface area contributed by atoms with Crippen LogP contribution in [0.25, 0.3) is 0 Å². The Morgan fingerprint density at radius 1 is 1.03 bits per heavy atom. The molecule has 0 spiro atoms. The van der Waals surface area contributed by atoms with Gasteiger partial charge < -0.3 is 24.8 Å². The Morgan fingerprint density at radius 2 is 1.65 bits per heavy atom. The largest absolute Gasteiger partial charge is 0.467 e. The van der Waals surface area contributed by atoms with Crippen molar-refractivity contribution in [2.24, 2.45) is 0 Å². The summed E-state index contributed by atoms with van der Waals surface area (Å²) in [6.45, 7) is 4.26. The molecule has 8 nitrogen and oxygen atoms in total. The van der Waals surface area contributed by atoms with Gasteiger partial charge in [-0.05, 0) is 26.3 Å². The zero-order valence-corrected chi connectivity index (χ0v) is 17.7. The Balaban J connectivity index is 2.71. The summed E-state index contributed by atoms with van der Waals surface area (Å²) in [5, 5.41) is 3.78. The van der Waals surface area contributed by atoms with Crippen LogP contribution >= 0.6 is 0 Å². The molecule has 174 valence electrons. The fourth-order valence-corrected chi connectivity index (χ4v) is 2.32. The van der Waals surface area contributed by atoms with E-state index < -0.39 is 48.3 Å². The number of rotatable bonds is 9. The molecular formula is C20H27F3N2O6. The number of carbonyl (C=O) groups is 3. The molecule has 11 heteroatoms. The first-order valence-electron chi connectivity index (χ1n) is 9.37. The van der Waals surface area contributed by atoms with Gasteiger partial charge in [0.25, 0.3) is 0 Å². The highest BCUT2D eigenvalue weighted by molar-refractivity contribution is 5.85. The van der Waals surface area contributed by atoms with E-state index >= 15 is 0 Å². The van der Waals surface area contributed by atoms with Crippen LogP contribution in [0.1, 0.15) is 32.8 Å². The van der Waals surface area contributed by atoms with E-state index in [1.165, 1.54) is 20.8 Å². The zero-order valence-electron chi connectivity index (χ0n) is 17.7.